The summed E-state index contributed by atoms with van der Waals surface area (Å²) in [7, 11) is 0. The monoisotopic (exact) mass is 192 g/mol. The maximum Gasteiger partial charge on any atom is 0.311 e. The highest BCUT2D eigenvalue weighted by Gasteiger charge is 2.09. The van der Waals surface area contributed by atoms with Crippen molar-refractivity contribution < 1.29 is 9.90 Å². The number of aryl methyl sites for hydroxylation is 1. The Hall–Kier alpha value is -1.98. The Bertz CT molecular complexity index is 491. The van der Waals surface area contributed by atoms with E-state index in [2.05, 4.69) is 15.2 Å². The quantitative estimate of drug-likeness (QED) is 0.727. The highest BCUT2D eigenvalue weighted by molar-refractivity contribution is 5.69. The number of carboxylic acid groups (broad SMARTS) is 1. The summed E-state index contributed by atoms with van der Waals surface area (Å²) in [5.74, 6) is -0.114. The highest BCUT2D eigenvalue weighted by atomic mass is 16.4. The van der Waals surface area contributed by atoms with Gasteiger partial charge in [-0.2, -0.15) is 0 Å². The average Bonchev–Trinajstić information content (AvgIpc) is 2.47. The van der Waals surface area contributed by atoms with Gasteiger partial charge in [0, 0.05) is 12.4 Å². The SMILES string of the molecule is Cc1cnc2nnc(CC(=O)O)n2c1. The molecular formula is C8H8N4O2. The smallest absolute Gasteiger partial charge is 0.311 e. The topological polar surface area (TPSA) is 80.4 Å². The number of hydrogen-bond acceptors (Lipinski definition) is 4. The minimum absolute atomic E-state index is 0.147. The van der Waals surface area contributed by atoms with Crippen LogP contribution in [0, 0.1) is 6.92 Å². The molecule has 1 N–H and O–H groups in total. The molecule has 2 aromatic rings. The third-order valence-corrected chi connectivity index (χ3v) is 1.77. The van der Waals surface area contributed by atoms with Gasteiger partial charge in [0.15, 0.2) is 0 Å². The molecule has 0 atom stereocenters. The molecule has 0 unspecified atom stereocenters. The van der Waals surface area contributed by atoms with Gasteiger partial charge in [-0.05, 0) is 12.5 Å². The van der Waals surface area contributed by atoms with Crippen molar-refractivity contribution in [2.24, 2.45) is 0 Å². The summed E-state index contributed by atoms with van der Waals surface area (Å²) in [5, 5.41) is 16.1. The molecule has 0 aliphatic heterocycles. The molecule has 0 spiro atoms. The molecular weight excluding hydrogens is 184 g/mol. The molecule has 0 fully saturated rings. The number of carboxylic acids is 1. The van der Waals surface area contributed by atoms with Gasteiger partial charge in [-0.3, -0.25) is 9.20 Å². The van der Waals surface area contributed by atoms with E-state index in [1.165, 1.54) is 0 Å². The molecule has 6 nitrogen and oxygen atoms in total. The van der Waals surface area contributed by atoms with Crippen LogP contribution in [0.4, 0.5) is 0 Å². The molecule has 0 aromatic carbocycles. The van der Waals surface area contributed by atoms with Crippen molar-refractivity contribution >= 4 is 11.7 Å². The standard InChI is InChI=1S/C8H8N4O2/c1-5-3-9-8-11-10-6(2-7(13)14)12(8)4-5/h3-4H,2H2,1H3,(H,13,14). The maximum absolute atomic E-state index is 10.5. The van der Waals surface area contributed by atoms with Crippen molar-refractivity contribution in [3.05, 3.63) is 23.8 Å². The number of rotatable bonds is 2. The summed E-state index contributed by atoms with van der Waals surface area (Å²) >= 11 is 0. The van der Waals surface area contributed by atoms with Crippen molar-refractivity contribution in [1.29, 1.82) is 0 Å². The van der Waals surface area contributed by atoms with Gasteiger partial charge in [0.1, 0.15) is 12.2 Å². The van der Waals surface area contributed by atoms with Gasteiger partial charge in [-0.15, -0.1) is 10.2 Å². The predicted octanol–water partition coefficient (Wildman–Crippen LogP) is 0.0598. The third-order valence-electron chi connectivity index (χ3n) is 1.77. The largest absolute Gasteiger partial charge is 0.481 e. The second-order valence-corrected chi connectivity index (χ2v) is 2.99. The van der Waals surface area contributed by atoms with Gasteiger partial charge in [0.05, 0.1) is 0 Å². The fourth-order valence-corrected chi connectivity index (χ4v) is 1.19. The van der Waals surface area contributed by atoms with E-state index >= 15 is 0 Å². The fourth-order valence-electron chi connectivity index (χ4n) is 1.19. The average molecular weight is 192 g/mol. The summed E-state index contributed by atoms with van der Waals surface area (Å²) in [4.78, 5) is 14.5. The van der Waals surface area contributed by atoms with E-state index < -0.39 is 5.97 Å². The van der Waals surface area contributed by atoms with E-state index in [1.54, 1.807) is 16.8 Å². The van der Waals surface area contributed by atoms with Crippen LogP contribution in [0.25, 0.3) is 5.78 Å². The Kier molecular flexibility index (Phi) is 1.88. The molecule has 6 heteroatoms. The summed E-state index contributed by atoms with van der Waals surface area (Å²) < 4.78 is 1.59. The van der Waals surface area contributed by atoms with E-state index in [0.717, 1.165) is 5.56 Å². The van der Waals surface area contributed by atoms with Crippen molar-refractivity contribution in [3.8, 4) is 0 Å². The van der Waals surface area contributed by atoms with Crippen LogP contribution >= 0.6 is 0 Å². The summed E-state index contributed by atoms with van der Waals surface area (Å²) in [5.41, 5.74) is 0.934. The molecule has 72 valence electrons. The van der Waals surface area contributed by atoms with Gasteiger partial charge in [-0.25, -0.2) is 4.98 Å². The lowest BCUT2D eigenvalue weighted by Crippen LogP contribution is -2.05. The Labute approximate surface area is 79.2 Å². The molecule has 0 saturated heterocycles. The van der Waals surface area contributed by atoms with E-state index in [0.29, 0.717) is 11.6 Å². The van der Waals surface area contributed by atoms with E-state index in [9.17, 15) is 4.79 Å². The summed E-state index contributed by atoms with van der Waals surface area (Å²) in [6.07, 6.45) is 3.28. The van der Waals surface area contributed by atoms with Crippen molar-refractivity contribution in [2.45, 2.75) is 13.3 Å². The number of fused-ring (bicyclic) bond motifs is 1. The lowest BCUT2D eigenvalue weighted by atomic mass is 10.4. The summed E-state index contributed by atoms with van der Waals surface area (Å²) in [6.45, 7) is 1.87. The van der Waals surface area contributed by atoms with Crippen LogP contribution in [-0.2, 0) is 11.2 Å². The van der Waals surface area contributed by atoms with E-state index in [1.807, 2.05) is 6.92 Å². The lowest BCUT2D eigenvalue weighted by molar-refractivity contribution is -0.136. The Balaban J connectivity index is 2.55. The molecule has 0 bridgehead atoms. The van der Waals surface area contributed by atoms with E-state index in [4.69, 9.17) is 5.11 Å². The maximum atomic E-state index is 10.5. The first kappa shape index (κ1) is 8.61. The first-order valence-electron chi connectivity index (χ1n) is 4.05. The van der Waals surface area contributed by atoms with Crippen molar-refractivity contribution in [3.63, 3.8) is 0 Å². The van der Waals surface area contributed by atoms with Gasteiger partial charge in [0.25, 0.3) is 5.78 Å². The molecule has 0 radical (unpaired) electrons. The number of aliphatic carboxylic acids is 1. The van der Waals surface area contributed by atoms with Crippen LogP contribution in [0.3, 0.4) is 0 Å². The first-order valence-corrected chi connectivity index (χ1v) is 4.05. The number of nitrogens with zero attached hydrogens (tertiary/aromatic N) is 4. The van der Waals surface area contributed by atoms with E-state index in [-0.39, 0.29) is 6.42 Å². The molecule has 0 amide bonds. The third kappa shape index (κ3) is 1.41. The molecule has 0 aliphatic rings. The highest BCUT2D eigenvalue weighted by Crippen LogP contribution is 2.03. The molecule has 2 aromatic heterocycles. The van der Waals surface area contributed by atoms with Gasteiger partial charge < -0.3 is 5.11 Å². The second-order valence-electron chi connectivity index (χ2n) is 2.99. The Morgan fingerprint density at radius 2 is 2.36 bits per heavy atom. The predicted molar refractivity (Wildman–Crippen MR) is 46.9 cm³/mol. The molecule has 0 aliphatic carbocycles. The van der Waals surface area contributed by atoms with Crippen LogP contribution in [0.1, 0.15) is 11.4 Å². The number of hydrogen-bond donors (Lipinski definition) is 1. The fraction of sp³-hybridized carbons (Fsp3) is 0.250. The van der Waals surface area contributed by atoms with Gasteiger partial charge in [-0.1, -0.05) is 0 Å². The van der Waals surface area contributed by atoms with Crippen LogP contribution < -0.4 is 0 Å². The summed E-state index contributed by atoms with van der Waals surface area (Å²) in [6, 6.07) is 0. The molecule has 14 heavy (non-hydrogen) atoms. The van der Waals surface area contributed by atoms with Crippen LogP contribution in [-0.4, -0.2) is 30.7 Å². The van der Waals surface area contributed by atoms with Crippen molar-refractivity contribution in [2.75, 3.05) is 0 Å². The van der Waals surface area contributed by atoms with Gasteiger partial charge >= 0.3 is 5.97 Å². The Morgan fingerprint density at radius 1 is 1.57 bits per heavy atom. The lowest BCUT2D eigenvalue weighted by Gasteiger charge is -1.96. The van der Waals surface area contributed by atoms with Crippen LogP contribution in [0.2, 0.25) is 0 Å². The molecule has 0 saturated carbocycles. The zero-order valence-electron chi connectivity index (χ0n) is 7.51. The first-order chi connectivity index (χ1) is 6.66. The second kappa shape index (κ2) is 3.06. The minimum Gasteiger partial charge on any atom is -0.481 e. The number of carbonyl (C=O) groups is 1. The normalized spacial score (nSPS) is 10.6. The van der Waals surface area contributed by atoms with Crippen LogP contribution in [0.5, 0.6) is 0 Å². The Morgan fingerprint density at radius 3 is 3.07 bits per heavy atom. The van der Waals surface area contributed by atoms with Crippen LogP contribution in [0.15, 0.2) is 12.4 Å². The minimum atomic E-state index is -0.930. The molecule has 2 heterocycles. The zero-order valence-corrected chi connectivity index (χ0v) is 7.51. The zero-order chi connectivity index (χ0) is 10.1. The molecule has 2 rings (SSSR count). The van der Waals surface area contributed by atoms with Gasteiger partial charge in [0.2, 0.25) is 0 Å². The van der Waals surface area contributed by atoms with Crippen molar-refractivity contribution in [1.82, 2.24) is 19.6 Å². The number of aromatic nitrogens is 4.